The second-order valence-corrected chi connectivity index (χ2v) is 10.4. The van der Waals surface area contributed by atoms with E-state index in [4.69, 9.17) is 4.98 Å². The molecular formula is C37H26N4. The van der Waals surface area contributed by atoms with Crippen LogP contribution in [0.1, 0.15) is 0 Å². The van der Waals surface area contributed by atoms with Crippen LogP contribution in [-0.4, -0.2) is 19.1 Å². The van der Waals surface area contributed by atoms with Crippen LogP contribution in [0.3, 0.4) is 0 Å². The third kappa shape index (κ3) is 3.84. The van der Waals surface area contributed by atoms with Crippen molar-refractivity contribution >= 4 is 32.8 Å². The zero-order valence-corrected chi connectivity index (χ0v) is 22.6. The smallest absolute Gasteiger partial charge is 0.140 e. The van der Waals surface area contributed by atoms with Crippen LogP contribution in [0, 0.1) is 0 Å². The fourth-order valence-corrected chi connectivity index (χ4v) is 5.98. The van der Waals surface area contributed by atoms with E-state index in [1.807, 2.05) is 18.3 Å². The number of rotatable bonds is 4. The number of aryl methyl sites for hydroxylation is 1. The molecule has 8 aromatic rings. The average molecular weight is 527 g/mol. The van der Waals surface area contributed by atoms with Gasteiger partial charge in [-0.25, -0.2) is 4.98 Å². The van der Waals surface area contributed by atoms with E-state index in [1.165, 1.54) is 27.4 Å². The molecule has 0 amide bonds. The predicted octanol–water partition coefficient (Wildman–Crippen LogP) is 9.07. The molecule has 4 nitrogen and oxygen atoms in total. The van der Waals surface area contributed by atoms with Crippen molar-refractivity contribution in [3.8, 4) is 39.5 Å². The minimum atomic E-state index is 0.950. The molecule has 41 heavy (non-hydrogen) atoms. The molecule has 4 heteroatoms. The van der Waals surface area contributed by atoms with Gasteiger partial charge in [0.05, 0.1) is 27.8 Å². The minimum Gasteiger partial charge on any atom is -0.327 e. The fourth-order valence-electron chi connectivity index (χ4n) is 5.98. The van der Waals surface area contributed by atoms with E-state index in [0.29, 0.717) is 0 Å². The van der Waals surface area contributed by atoms with Crippen molar-refractivity contribution in [1.29, 1.82) is 0 Å². The first kappa shape index (κ1) is 23.4. The summed E-state index contributed by atoms with van der Waals surface area (Å²) in [6, 6.07) is 47.0. The molecule has 0 aliphatic carbocycles. The SMILES string of the molecule is Cn1c(-c2ccc3c4ccccc4n(-c4cccc(-c5ccccn5)c4)c3c2)nc2ccc(-c3ccccc3)cc21. The predicted molar refractivity (Wildman–Crippen MR) is 169 cm³/mol. The molecule has 0 N–H and O–H groups in total. The molecule has 0 fully saturated rings. The summed E-state index contributed by atoms with van der Waals surface area (Å²) in [5, 5.41) is 2.45. The van der Waals surface area contributed by atoms with Crippen molar-refractivity contribution < 1.29 is 0 Å². The van der Waals surface area contributed by atoms with Crippen molar-refractivity contribution in [2.75, 3.05) is 0 Å². The Hall–Kier alpha value is -5.48. The summed E-state index contributed by atoms with van der Waals surface area (Å²) in [5.41, 5.74) is 11.1. The standard InChI is InChI=1S/C37H26N4/c1-40-36-23-26(25-10-3-2-4-11-25)18-20-33(36)39-37(40)28-17-19-31-30-14-5-6-16-34(30)41(35(31)24-28)29-13-9-12-27(22-29)32-15-7-8-21-38-32/h2-24H,1H3. The van der Waals surface area contributed by atoms with E-state index in [0.717, 1.165) is 44.9 Å². The second kappa shape index (κ2) is 9.32. The number of hydrogen-bond acceptors (Lipinski definition) is 2. The molecule has 8 rings (SSSR count). The number of imidazole rings is 1. The molecule has 0 atom stereocenters. The van der Waals surface area contributed by atoms with Crippen LogP contribution < -0.4 is 0 Å². The maximum absolute atomic E-state index is 5.08. The monoisotopic (exact) mass is 526 g/mol. The van der Waals surface area contributed by atoms with Gasteiger partial charge in [0.15, 0.2) is 0 Å². The highest BCUT2D eigenvalue weighted by Gasteiger charge is 2.16. The summed E-state index contributed by atoms with van der Waals surface area (Å²) < 4.78 is 4.56. The molecule has 0 saturated heterocycles. The highest BCUT2D eigenvalue weighted by atomic mass is 15.1. The van der Waals surface area contributed by atoms with E-state index < -0.39 is 0 Å². The van der Waals surface area contributed by atoms with Gasteiger partial charge in [0.2, 0.25) is 0 Å². The van der Waals surface area contributed by atoms with Crippen molar-refractivity contribution in [3.63, 3.8) is 0 Å². The topological polar surface area (TPSA) is 35.6 Å². The highest BCUT2D eigenvalue weighted by Crippen LogP contribution is 2.36. The lowest BCUT2D eigenvalue weighted by atomic mass is 10.1. The van der Waals surface area contributed by atoms with E-state index >= 15 is 0 Å². The van der Waals surface area contributed by atoms with Crippen LogP contribution in [0.2, 0.25) is 0 Å². The number of hydrogen-bond donors (Lipinski definition) is 0. The Morgan fingerprint density at radius 2 is 1.27 bits per heavy atom. The van der Waals surface area contributed by atoms with Crippen LogP contribution in [0.15, 0.2) is 140 Å². The van der Waals surface area contributed by atoms with Crippen LogP contribution in [0.5, 0.6) is 0 Å². The lowest BCUT2D eigenvalue weighted by Gasteiger charge is -2.11. The summed E-state index contributed by atoms with van der Waals surface area (Å²) >= 11 is 0. The fraction of sp³-hybridized carbons (Fsp3) is 0.0270. The van der Waals surface area contributed by atoms with Gasteiger partial charge >= 0.3 is 0 Å². The lowest BCUT2D eigenvalue weighted by Crippen LogP contribution is -1.96. The molecular weight excluding hydrogens is 500 g/mol. The summed E-state index contributed by atoms with van der Waals surface area (Å²) in [6.07, 6.45) is 1.84. The number of fused-ring (bicyclic) bond motifs is 4. The third-order valence-corrected chi connectivity index (χ3v) is 7.98. The molecule has 0 unspecified atom stereocenters. The van der Waals surface area contributed by atoms with Crippen LogP contribution in [-0.2, 0) is 7.05 Å². The highest BCUT2D eigenvalue weighted by molar-refractivity contribution is 6.10. The van der Waals surface area contributed by atoms with Gasteiger partial charge in [0.1, 0.15) is 5.82 Å². The molecule has 0 bridgehead atoms. The first-order valence-electron chi connectivity index (χ1n) is 13.8. The van der Waals surface area contributed by atoms with Crippen LogP contribution >= 0.6 is 0 Å². The van der Waals surface area contributed by atoms with Crippen LogP contribution in [0.4, 0.5) is 0 Å². The molecule has 0 radical (unpaired) electrons. The summed E-state index contributed by atoms with van der Waals surface area (Å²) in [7, 11) is 2.11. The summed E-state index contributed by atoms with van der Waals surface area (Å²) in [5.74, 6) is 0.950. The Labute approximate surface area is 237 Å². The Morgan fingerprint density at radius 3 is 2.15 bits per heavy atom. The molecule has 3 heterocycles. The minimum absolute atomic E-state index is 0.950. The quantitative estimate of drug-likeness (QED) is 0.229. The number of para-hydroxylation sites is 1. The van der Waals surface area contributed by atoms with Crippen molar-refractivity contribution in [3.05, 3.63) is 140 Å². The molecule has 194 valence electrons. The summed E-state index contributed by atoms with van der Waals surface area (Å²) in [6.45, 7) is 0. The Kier molecular flexibility index (Phi) is 5.32. The van der Waals surface area contributed by atoms with Gasteiger partial charge in [-0.05, 0) is 59.7 Å². The van der Waals surface area contributed by atoms with Gasteiger partial charge in [0, 0.05) is 40.8 Å². The van der Waals surface area contributed by atoms with Gasteiger partial charge in [-0.15, -0.1) is 0 Å². The van der Waals surface area contributed by atoms with E-state index in [9.17, 15) is 0 Å². The maximum atomic E-state index is 5.08. The number of aromatic nitrogens is 4. The van der Waals surface area contributed by atoms with Gasteiger partial charge in [-0.2, -0.15) is 0 Å². The Balaban J connectivity index is 1.32. The van der Waals surface area contributed by atoms with Crippen molar-refractivity contribution in [2.45, 2.75) is 0 Å². The molecule has 0 aliphatic rings. The Bertz CT molecular complexity index is 2210. The van der Waals surface area contributed by atoms with E-state index in [1.54, 1.807) is 0 Å². The van der Waals surface area contributed by atoms with E-state index in [-0.39, 0.29) is 0 Å². The summed E-state index contributed by atoms with van der Waals surface area (Å²) in [4.78, 5) is 9.67. The molecule has 0 aliphatic heterocycles. The lowest BCUT2D eigenvalue weighted by molar-refractivity contribution is 0.959. The largest absolute Gasteiger partial charge is 0.327 e. The first-order valence-corrected chi connectivity index (χ1v) is 13.8. The first-order chi connectivity index (χ1) is 20.2. The maximum Gasteiger partial charge on any atom is 0.140 e. The van der Waals surface area contributed by atoms with Crippen LogP contribution in [0.25, 0.3) is 72.3 Å². The zero-order chi connectivity index (χ0) is 27.3. The molecule has 0 saturated carbocycles. The van der Waals surface area contributed by atoms with Gasteiger partial charge in [-0.3, -0.25) is 4.98 Å². The average Bonchev–Trinajstić information content (AvgIpc) is 3.55. The van der Waals surface area contributed by atoms with Gasteiger partial charge in [0.25, 0.3) is 0 Å². The Morgan fingerprint density at radius 1 is 0.512 bits per heavy atom. The van der Waals surface area contributed by atoms with Crippen molar-refractivity contribution in [2.24, 2.45) is 7.05 Å². The van der Waals surface area contributed by atoms with E-state index in [2.05, 4.69) is 142 Å². The third-order valence-electron chi connectivity index (χ3n) is 7.98. The second-order valence-electron chi connectivity index (χ2n) is 10.4. The molecule has 0 spiro atoms. The van der Waals surface area contributed by atoms with Gasteiger partial charge < -0.3 is 9.13 Å². The van der Waals surface area contributed by atoms with Gasteiger partial charge in [-0.1, -0.05) is 84.9 Å². The number of benzene rings is 5. The molecule has 3 aromatic heterocycles. The normalized spacial score (nSPS) is 11.5. The number of nitrogens with zero attached hydrogens (tertiary/aromatic N) is 4. The van der Waals surface area contributed by atoms with Crippen molar-refractivity contribution in [1.82, 2.24) is 19.1 Å². The zero-order valence-electron chi connectivity index (χ0n) is 22.6. The molecule has 5 aromatic carbocycles. The number of pyridine rings is 1.